The van der Waals surface area contributed by atoms with Crippen LogP contribution in [0, 0.1) is 5.92 Å². The molecule has 0 spiro atoms. The summed E-state index contributed by atoms with van der Waals surface area (Å²) in [5.74, 6) is 1.48. The minimum atomic E-state index is -0.913. The molecule has 1 aromatic rings. The maximum absolute atomic E-state index is 12.4. The van der Waals surface area contributed by atoms with E-state index in [9.17, 15) is 9.59 Å². The molecule has 2 aliphatic rings. The molecule has 1 unspecified atom stereocenters. The molecule has 1 atom stereocenters. The predicted molar refractivity (Wildman–Crippen MR) is 78.0 cm³/mol. The van der Waals surface area contributed by atoms with Gasteiger partial charge in [0, 0.05) is 24.8 Å². The van der Waals surface area contributed by atoms with Crippen molar-refractivity contribution in [2.75, 3.05) is 18.1 Å². The van der Waals surface area contributed by atoms with Crippen molar-refractivity contribution in [3.05, 3.63) is 34.9 Å². The first kappa shape index (κ1) is 13.5. The third-order valence-electron chi connectivity index (χ3n) is 4.06. The molecule has 1 fully saturated rings. The highest BCUT2D eigenvalue weighted by molar-refractivity contribution is 7.99. The van der Waals surface area contributed by atoms with E-state index in [-0.39, 0.29) is 11.8 Å². The maximum Gasteiger partial charge on any atom is 0.335 e. The van der Waals surface area contributed by atoms with E-state index in [0.717, 1.165) is 36.5 Å². The summed E-state index contributed by atoms with van der Waals surface area (Å²) < 4.78 is 0. The van der Waals surface area contributed by atoms with Crippen LogP contribution in [0.5, 0.6) is 0 Å². The Morgan fingerprint density at radius 2 is 2.15 bits per heavy atom. The molecule has 20 heavy (non-hydrogen) atoms. The van der Waals surface area contributed by atoms with Crippen LogP contribution in [0.3, 0.4) is 0 Å². The van der Waals surface area contributed by atoms with Crippen LogP contribution in [0.1, 0.15) is 27.9 Å². The molecule has 5 heteroatoms. The van der Waals surface area contributed by atoms with Crippen molar-refractivity contribution < 1.29 is 14.7 Å². The van der Waals surface area contributed by atoms with Crippen LogP contribution >= 0.6 is 11.8 Å². The van der Waals surface area contributed by atoms with Crippen LogP contribution in [0.4, 0.5) is 0 Å². The van der Waals surface area contributed by atoms with Crippen molar-refractivity contribution in [2.24, 2.45) is 5.92 Å². The number of carbonyl (C=O) groups is 2. The van der Waals surface area contributed by atoms with Crippen LogP contribution in [0.25, 0.3) is 0 Å². The Kier molecular flexibility index (Phi) is 3.70. The zero-order valence-corrected chi connectivity index (χ0v) is 12.0. The van der Waals surface area contributed by atoms with Gasteiger partial charge >= 0.3 is 5.97 Å². The van der Waals surface area contributed by atoms with Gasteiger partial charge < -0.3 is 10.0 Å². The molecule has 4 nitrogen and oxygen atoms in total. The average molecular weight is 291 g/mol. The minimum Gasteiger partial charge on any atom is -0.478 e. The summed E-state index contributed by atoms with van der Waals surface area (Å²) in [6, 6.07) is 5.23. The van der Waals surface area contributed by atoms with E-state index >= 15 is 0 Å². The summed E-state index contributed by atoms with van der Waals surface area (Å²) in [5, 5.41) is 9.05. The first-order chi connectivity index (χ1) is 9.65. The number of fused-ring (bicyclic) bond motifs is 1. The largest absolute Gasteiger partial charge is 0.478 e. The van der Waals surface area contributed by atoms with E-state index in [2.05, 4.69) is 0 Å². The molecule has 1 N–H and O–H groups in total. The van der Waals surface area contributed by atoms with E-state index in [4.69, 9.17) is 5.11 Å². The zero-order chi connectivity index (χ0) is 14.1. The van der Waals surface area contributed by atoms with Crippen LogP contribution in [-0.2, 0) is 17.8 Å². The van der Waals surface area contributed by atoms with E-state index in [1.807, 2.05) is 22.7 Å². The first-order valence-electron chi connectivity index (χ1n) is 6.87. The maximum atomic E-state index is 12.4. The molecule has 0 aromatic heterocycles. The molecular formula is C15H17NO3S. The van der Waals surface area contributed by atoms with E-state index < -0.39 is 5.97 Å². The molecule has 1 aromatic carbocycles. The van der Waals surface area contributed by atoms with Crippen molar-refractivity contribution in [1.29, 1.82) is 0 Å². The number of amides is 1. The molecule has 2 heterocycles. The van der Waals surface area contributed by atoms with Gasteiger partial charge in [-0.3, -0.25) is 4.79 Å². The number of benzene rings is 1. The Labute approximate surface area is 122 Å². The van der Waals surface area contributed by atoms with Gasteiger partial charge in [-0.1, -0.05) is 6.07 Å². The highest BCUT2D eigenvalue weighted by Crippen LogP contribution is 2.28. The van der Waals surface area contributed by atoms with Gasteiger partial charge in [0.05, 0.1) is 5.56 Å². The zero-order valence-electron chi connectivity index (χ0n) is 11.2. The number of rotatable bonds is 2. The van der Waals surface area contributed by atoms with Crippen molar-refractivity contribution in [2.45, 2.75) is 19.4 Å². The smallest absolute Gasteiger partial charge is 0.335 e. The molecule has 3 rings (SSSR count). The van der Waals surface area contributed by atoms with Crippen LogP contribution in [-0.4, -0.2) is 39.9 Å². The molecule has 0 radical (unpaired) electrons. The van der Waals surface area contributed by atoms with Crippen LogP contribution in [0.15, 0.2) is 18.2 Å². The van der Waals surface area contributed by atoms with Crippen LogP contribution < -0.4 is 0 Å². The molecule has 0 aliphatic carbocycles. The predicted octanol–water partition coefficient (Wildman–Crippen LogP) is 2.02. The number of carboxylic acids is 1. The fourth-order valence-electron chi connectivity index (χ4n) is 2.87. The normalized spacial score (nSPS) is 21.6. The lowest BCUT2D eigenvalue weighted by atomic mass is 9.96. The second-order valence-electron chi connectivity index (χ2n) is 5.36. The lowest BCUT2D eigenvalue weighted by Crippen LogP contribution is -2.39. The van der Waals surface area contributed by atoms with Gasteiger partial charge in [0.1, 0.15) is 0 Å². The summed E-state index contributed by atoms with van der Waals surface area (Å²) in [5.41, 5.74) is 2.45. The van der Waals surface area contributed by atoms with E-state index in [0.29, 0.717) is 12.1 Å². The number of carboxylic acid groups (broad SMARTS) is 1. The Morgan fingerprint density at radius 3 is 2.85 bits per heavy atom. The molecule has 1 saturated heterocycles. The topological polar surface area (TPSA) is 57.6 Å². The van der Waals surface area contributed by atoms with E-state index in [1.54, 1.807) is 12.1 Å². The standard InChI is InChI=1S/C15H17NO3S/c17-14(12-4-6-20-9-12)16-5-3-10-1-2-11(15(18)19)7-13(10)8-16/h1-2,7,12H,3-6,8-9H2,(H,18,19). The quantitative estimate of drug-likeness (QED) is 0.905. The van der Waals surface area contributed by atoms with Crippen molar-refractivity contribution in [3.63, 3.8) is 0 Å². The highest BCUT2D eigenvalue weighted by atomic mass is 32.2. The van der Waals surface area contributed by atoms with Gasteiger partial charge in [-0.05, 0) is 41.9 Å². The Bertz CT molecular complexity index is 552. The van der Waals surface area contributed by atoms with Crippen molar-refractivity contribution in [1.82, 2.24) is 4.90 Å². The van der Waals surface area contributed by atoms with Gasteiger partial charge in [-0.2, -0.15) is 11.8 Å². The Hall–Kier alpha value is -1.49. The van der Waals surface area contributed by atoms with E-state index in [1.165, 1.54) is 5.56 Å². The molecule has 2 aliphatic heterocycles. The van der Waals surface area contributed by atoms with Gasteiger partial charge in [0.25, 0.3) is 0 Å². The lowest BCUT2D eigenvalue weighted by Gasteiger charge is -2.31. The molecular weight excluding hydrogens is 274 g/mol. The number of nitrogens with zero attached hydrogens (tertiary/aromatic N) is 1. The van der Waals surface area contributed by atoms with Crippen molar-refractivity contribution >= 4 is 23.6 Å². The van der Waals surface area contributed by atoms with Gasteiger partial charge in [0.15, 0.2) is 0 Å². The molecule has 0 saturated carbocycles. The van der Waals surface area contributed by atoms with Gasteiger partial charge in [-0.25, -0.2) is 4.79 Å². The number of carbonyl (C=O) groups excluding carboxylic acids is 1. The molecule has 1 amide bonds. The fraction of sp³-hybridized carbons (Fsp3) is 0.467. The second kappa shape index (κ2) is 5.48. The summed E-state index contributed by atoms with van der Waals surface area (Å²) >= 11 is 1.84. The Morgan fingerprint density at radius 1 is 1.30 bits per heavy atom. The summed E-state index contributed by atoms with van der Waals surface area (Å²) in [6.07, 6.45) is 1.79. The monoisotopic (exact) mass is 291 g/mol. The second-order valence-corrected chi connectivity index (χ2v) is 6.51. The molecule has 106 valence electrons. The minimum absolute atomic E-state index is 0.157. The summed E-state index contributed by atoms with van der Waals surface area (Å²) in [4.78, 5) is 25.3. The number of aromatic carboxylic acids is 1. The van der Waals surface area contributed by atoms with Crippen LogP contribution in [0.2, 0.25) is 0 Å². The lowest BCUT2D eigenvalue weighted by molar-refractivity contribution is -0.135. The van der Waals surface area contributed by atoms with Gasteiger partial charge in [0.2, 0.25) is 5.91 Å². The Balaban J connectivity index is 1.78. The molecule has 0 bridgehead atoms. The highest BCUT2D eigenvalue weighted by Gasteiger charge is 2.29. The van der Waals surface area contributed by atoms with Gasteiger partial charge in [-0.15, -0.1) is 0 Å². The number of hydrogen-bond acceptors (Lipinski definition) is 3. The van der Waals surface area contributed by atoms with Crippen molar-refractivity contribution in [3.8, 4) is 0 Å². The number of hydrogen-bond donors (Lipinski definition) is 1. The fourth-order valence-corrected chi connectivity index (χ4v) is 4.08. The third-order valence-corrected chi connectivity index (χ3v) is 5.22. The summed E-state index contributed by atoms with van der Waals surface area (Å²) in [6.45, 7) is 1.30. The summed E-state index contributed by atoms with van der Waals surface area (Å²) in [7, 11) is 0. The number of thioether (sulfide) groups is 1. The third kappa shape index (κ3) is 2.54. The first-order valence-corrected chi connectivity index (χ1v) is 8.02. The average Bonchev–Trinajstić information content (AvgIpc) is 2.99. The SMILES string of the molecule is O=C(O)c1ccc2c(c1)CN(C(=O)C1CCSC1)CC2.